The maximum atomic E-state index is 13.1. The van der Waals surface area contributed by atoms with Gasteiger partial charge in [-0.15, -0.1) is 0 Å². The van der Waals surface area contributed by atoms with Gasteiger partial charge < -0.3 is 14.8 Å². The quantitative estimate of drug-likeness (QED) is 0.746. The molecule has 0 spiro atoms. The van der Waals surface area contributed by atoms with E-state index in [0.717, 1.165) is 5.56 Å². The van der Waals surface area contributed by atoms with E-state index in [1.54, 1.807) is 13.2 Å². The van der Waals surface area contributed by atoms with E-state index in [4.69, 9.17) is 9.47 Å². The lowest BCUT2D eigenvalue weighted by atomic mass is 10.1. The van der Waals surface area contributed by atoms with E-state index in [1.165, 1.54) is 0 Å². The minimum Gasteiger partial charge on any atom is -0.491 e. The number of nitrogens with one attached hydrogen (secondary N) is 2. The molecule has 1 amide bonds. The fourth-order valence-electron chi connectivity index (χ4n) is 2.23. The summed E-state index contributed by atoms with van der Waals surface area (Å²) in [4.78, 5) is 11.9. The first-order valence-corrected chi connectivity index (χ1v) is 7.10. The number of benzene rings is 1. The fourth-order valence-corrected chi connectivity index (χ4v) is 2.23. The Kier molecular flexibility index (Phi) is 5.68. The standard InChI is InChI=1S/C15H20F2N2O3/c1-21-6-7-22-13-5-3-2-4-11(13)9-18-14(20)12-8-15(16,17)10-19-12/h2-5,12,19H,6-10H2,1H3,(H,18,20). The Bertz CT molecular complexity index is 511. The van der Waals surface area contributed by atoms with E-state index >= 15 is 0 Å². The van der Waals surface area contributed by atoms with Gasteiger partial charge in [-0.3, -0.25) is 10.1 Å². The van der Waals surface area contributed by atoms with E-state index in [-0.39, 0.29) is 6.54 Å². The number of rotatable bonds is 7. The van der Waals surface area contributed by atoms with Crippen LogP contribution in [0.3, 0.4) is 0 Å². The van der Waals surface area contributed by atoms with Crippen LogP contribution in [-0.4, -0.2) is 44.7 Å². The van der Waals surface area contributed by atoms with Gasteiger partial charge >= 0.3 is 0 Å². The molecule has 1 fully saturated rings. The molecule has 1 aliphatic rings. The van der Waals surface area contributed by atoms with Crippen molar-refractivity contribution in [3.05, 3.63) is 29.8 Å². The van der Waals surface area contributed by atoms with Crippen molar-refractivity contribution in [2.75, 3.05) is 26.9 Å². The molecule has 1 saturated heterocycles. The van der Waals surface area contributed by atoms with Gasteiger partial charge in [0, 0.05) is 25.6 Å². The molecule has 0 radical (unpaired) electrons. The summed E-state index contributed by atoms with van der Waals surface area (Å²) in [5.41, 5.74) is 0.789. The third-order valence-corrected chi connectivity index (χ3v) is 3.40. The number of para-hydroxylation sites is 1. The molecule has 2 N–H and O–H groups in total. The van der Waals surface area contributed by atoms with Crippen molar-refractivity contribution in [2.45, 2.75) is 24.9 Å². The van der Waals surface area contributed by atoms with E-state index in [1.807, 2.05) is 18.2 Å². The number of alkyl halides is 2. The van der Waals surface area contributed by atoms with Crippen molar-refractivity contribution in [1.82, 2.24) is 10.6 Å². The van der Waals surface area contributed by atoms with Crippen molar-refractivity contribution < 1.29 is 23.0 Å². The summed E-state index contributed by atoms with van der Waals surface area (Å²) in [7, 11) is 1.58. The molecule has 1 atom stereocenters. The molecule has 5 nitrogen and oxygen atoms in total. The van der Waals surface area contributed by atoms with Crippen LogP contribution in [0.5, 0.6) is 5.75 Å². The highest BCUT2D eigenvalue weighted by Crippen LogP contribution is 2.25. The highest BCUT2D eigenvalue weighted by molar-refractivity contribution is 5.82. The van der Waals surface area contributed by atoms with Gasteiger partial charge in [0.05, 0.1) is 19.2 Å². The molecule has 1 unspecified atom stereocenters. The van der Waals surface area contributed by atoms with Crippen LogP contribution < -0.4 is 15.4 Å². The number of carbonyl (C=O) groups is 1. The predicted octanol–water partition coefficient (Wildman–Crippen LogP) is 1.33. The molecule has 7 heteroatoms. The van der Waals surface area contributed by atoms with Gasteiger partial charge in [-0.05, 0) is 6.07 Å². The summed E-state index contributed by atoms with van der Waals surface area (Å²) in [6.45, 7) is 0.632. The zero-order valence-corrected chi connectivity index (χ0v) is 12.4. The van der Waals surface area contributed by atoms with Gasteiger partial charge in [-0.2, -0.15) is 0 Å². The van der Waals surface area contributed by atoms with Gasteiger partial charge in [-0.1, -0.05) is 18.2 Å². The molecule has 1 aliphatic heterocycles. The van der Waals surface area contributed by atoms with Crippen molar-refractivity contribution in [2.24, 2.45) is 0 Å². The third kappa shape index (κ3) is 4.64. The lowest BCUT2D eigenvalue weighted by molar-refractivity contribution is -0.123. The van der Waals surface area contributed by atoms with Crippen molar-refractivity contribution in [3.63, 3.8) is 0 Å². The van der Waals surface area contributed by atoms with Crippen LogP contribution in [0.2, 0.25) is 0 Å². The Morgan fingerprint density at radius 3 is 2.86 bits per heavy atom. The van der Waals surface area contributed by atoms with Crippen molar-refractivity contribution in [1.29, 1.82) is 0 Å². The average molecular weight is 314 g/mol. The van der Waals surface area contributed by atoms with Crippen LogP contribution in [0.4, 0.5) is 8.78 Å². The minimum atomic E-state index is -2.82. The van der Waals surface area contributed by atoms with Crippen LogP contribution in [0.15, 0.2) is 24.3 Å². The second-order valence-electron chi connectivity index (χ2n) is 5.16. The highest BCUT2D eigenvalue weighted by atomic mass is 19.3. The summed E-state index contributed by atoms with van der Waals surface area (Å²) < 4.78 is 36.6. The SMILES string of the molecule is COCCOc1ccccc1CNC(=O)C1CC(F)(F)CN1. The maximum Gasteiger partial charge on any atom is 0.262 e. The number of carbonyl (C=O) groups excluding carboxylic acids is 1. The molecule has 0 saturated carbocycles. The first kappa shape index (κ1) is 16.6. The fraction of sp³-hybridized carbons (Fsp3) is 0.533. The van der Waals surface area contributed by atoms with Gasteiger partial charge in [0.15, 0.2) is 0 Å². The molecule has 0 aliphatic carbocycles. The minimum absolute atomic E-state index is 0.228. The molecule has 1 aromatic rings. The van der Waals surface area contributed by atoms with Crippen LogP contribution in [-0.2, 0) is 16.1 Å². The Balaban J connectivity index is 1.87. The Morgan fingerprint density at radius 2 is 2.18 bits per heavy atom. The Labute approximate surface area is 128 Å². The van der Waals surface area contributed by atoms with E-state index < -0.39 is 30.8 Å². The van der Waals surface area contributed by atoms with E-state index in [9.17, 15) is 13.6 Å². The molecular formula is C15H20F2N2O3. The average Bonchev–Trinajstić information content (AvgIpc) is 2.86. The largest absolute Gasteiger partial charge is 0.491 e. The summed E-state index contributed by atoms with van der Waals surface area (Å²) >= 11 is 0. The molecule has 1 heterocycles. The van der Waals surface area contributed by atoms with Gasteiger partial charge in [0.1, 0.15) is 12.4 Å². The number of hydrogen-bond donors (Lipinski definition) is 2. The van der Waals surface area contributed by atoms with Crippen LogP contribution >= 0.6 is 0 Å². The van der Waals surface area contributed by atoms with Gasteiger partial charge in [-0.25, -0.2) is 8.78 Å². The second kappa shape index (κ2) is 7.51. The predicted molar refractivity (Wildman–Crippen MR) is 77.0 cm³/mol. The Hall–Kier alpha value is -1.73. The summed E-state index contributed by atoms with van der Waals surface area (Å²) in [6, 6.07) is 6.41. The number of ether oxygens (including phenoxy) is 2. The maximum absolute atomic E-state index is 13.1. The number of methoxy groups -OCH3 is 1. The summed E-state index contributed by atoms with van der Waals surface area (Å²) in [5.74, 6) is -2.60. The van der Waals surface area contributed by atoms with Gasteiger partial charge in [0.2, 0.25) is 5.91 Å². The first-order chi connectivity index (χ1) is 10.5. The zero-order chi connectivity index (χ0) is 16.0. The molecule has 2 rings (SSSR count). The highest BCUT2D eigenvalue weighted by Gasteiger charge is 2.42. The monoisotopic (exact) mass is 314 g/mol. The third-order valence-electron chi connectivity index (χ3n) is 3.40. The summed E-state index contributed by atoms with van der Waals surface area (Å²) in [5, 5.41) is 5.19. The van der Waals surface area contributed by atoms with Crippen LogP contribution in [0, 0.1) is 0 Å². The number of amides is 1. The molecule has 0 aromatic heterocycles. The molecule has 122 valence electrons. The molecule has 1 aromatic carbocycles. The molecule has 22 heavy (non-hydrogen) atoms. The molecular weight excluding hydrogens is 294 g/mol. The van der Waals surface area contributed by atoms with E-state index in [0.29, 0.717) is 19.0 Å². The molecule has 0 bridgehead atoms. The van der Waals surface area contributed by atoms with Crippen molar-refractivity contribution in [3.8, 4) is 5.75 Å². The van der Waals surface area contributed by atoms with Gasteiger partial charge in [0.25, 0.3) is 5.92 Å². The lowest BCUT2D eigenvalue weighted by Gasteiger charge is -2.14. The van der Waals surface area contributed by atoms with Crippen LogP contribution in [0.1, 0.15) is 12.0 Å². The number of hydrogen-bond acceptors (Lipinski definition) is 4. The second-order valence-corrected chi connectivity index (χ2v) is 5.16. The first-order valence-electron chi connectivity index (χ1n) is 7.10. The lowest BCUT2D eigenvalue weighted by Crippen LogP contribution is -2.40. The summed E-state index contributed by atoms with van der Waals surface area (Å²) in [6.07, 6.45) is -0.467. The number of halogens is 2. The zero-order valence-electron chi connectivity index (χ0n) is 12.4. The van der Waals surface area contributed by atoms with Crippen molar-refractivity contribution >= 4 is 5.91 Å². The smallest absolute Gasteiger partial charge is 0.262 e. The normalized spacial score (nSPS) is 19.9. The van der Waals surface area contributed by atoms with Crippen LogP contribution in [0.25, 0.3) is 0 Å². The van der Waals surface area contributed by atoms with E-state index in [2.05, 4.69) is 10.6 Å². The topological polar surface area (TPSA) is 59.6 Å². The Morgan fingerprint density at radius 1 is 1.41 bits per heavy atom.